The Balaban J connectivity index is 2.38. The van der Waals surface area contributed by atoms with Crippen LogP contribution in [-0.4, -0.2) is 36.4 Å². The standard InChI is InChI=1S/C14H27NO3/c1-3-4-5-8-14(10-12(16)11-15-14)9-6-7-13(17)18-2/h12,15-16H,3-11H2,1-2H3/t12?,14-/m1/s1. The van der Waals surface area contributed by atoms with Gasteiger partial charge in [-0.2, -0.15) is 0 Å². The van der Waals surface area contributed by atoms with Crippen LogP contribution in [0, 0.1) is 0 Å². The minimum atomic E-state index is -0.232. The molecule has 18 heavy (non-hydrogen) atoms. The minimum Gasteiger partial charge on any atom is -0.469 e. The number of carbonyl (C=O) groups excluding carboxylic acids is 1. The highest BCUT2D eigenvalue weighted by Crippen LogP contribution is 2.31. The zero-order valence-corrected chi connectivity index (χ0v) is 11.7. The Morgan fingerprint density at radius 2 is 2.11 bits per heavy atom. The van der Waals surface area contributed by atoms with Gasteiger partial charge >= 0.3 is 5.97 Å². The summed E-state index contributed by atoms with van der Waals surface area (Å²) in [6.45, 7) is 2.88. The lowest BCUT2D eigenvalue weighted by Crippen LogP contribution is -2.39. The van der Waals surface area contributed by atoms with Gasteiger partial charge in [-0.05, 0) is 25.7 Å². The highest BCUT2D eigenvalue weighted by molar-refractivity contribution is 5.69. The molecule has 2 N–H and O–H groups in total. The number of hydrogen-bond donors (Lipinski definition) is 2. The van der Waals surface area contributed by atoms with Crippen molar-refractivity contribution in [1.29, 1.82) is 0 Å². The number of esters is 1. The van der Waals surface area contributed by atoms with Gasteiger partial charge in [0.1, 0.15) is 0 Å². The third-order valence-electron chi connectivity index (χ3n) is 3.86. The second-order valence-electron chi connectivity index (χ2n) is 5.41. The summed E-state index contributed by atoms with van der Waals surface area (Å²) in [6, 6.07) is 0. The van der Waals surface area contributed by atoms with Gasteiger partial charge in [-0.15, -0.1) is 0 Å². The van der Waals surface area contributed by atoms with Crippen LogP contribution in [-0.2, 0) is 9.53 Å². The van der Waals surface area contributed by atoms with Gasteiger partial charge in [0, 0.05) is 18.5 Å². The fraction of sp³-hybridized carbons (Fsp3) is 0.929. The van der Waals surface area contributed by atoms with Crippen LogP contribution < -0.4 is 5.32 Å². The minimum absolute atomic E-state index is 0.0443. The van der Waals surface area contributed by atoms with Crippen LogP contribution in [0.2, 0.25) is 0 Å². The predicted molar refractivity (Wildman–Crippen MR) is 71.4 cm³/mol. The Hall–Kier alpha value is -0.610. The number of hydrogen-bond acceptors (Lipinski definition) is 4. The Bertz CT molecular complexity index is 257. The van der Waals surface area contributed by atoms with Gasteiger partial charge < -0.3 is 15.2 Å². The molecule has 0 aromatic rings. The van der Waals surface area contributed by atoms with Crippen molar-refractivity contribution in [3.63, 3.8) is 0 Å². The van der Waals surface area contributed by atoms with Crippen molar-refractivity contribution in [3.05, 3.63) is 0 Å². The first kappa shape index (κ1) is 15.4. The molecular formula is C14H27NO3. The SMILES string of the molecule is CCCCC[C@@]1(CCCC(=O)OC)CC(O)CN1. The fourth-order valence-electron chi connectivity index (χ4n) is 2.82. The summed E-state index contributed by atoms with van der Waals surface area (Å²) in [5.74, 6) is -0.141. The first-order chi connectivity index (χ1) is 8.62. The highest BCUT2D eigenvalue weighted by atomic mass is 16.5. The number of rotatable bonds is 8. The number of carbonyl (C=O) groups is 1. The molecule has 1 fully saturated rings. The second kappa shape index (κ2) is 7.74. The zero-order chi connectivity index (χ0) is 13.4. The number of unbranched alkanes of at least 4 members (excludes halogenated alkanes) is 2. The number of methoxy groups -OCH3 is 1. The number of β-amino-alcohol motifs (C(OH)–C–C–N with tert-alkyl or cyclic N) is 1. The maximum absolute atomic E-state index is 11.1. The number of nitrogens with one attached hydrogen (secondary N) is 1. The molecular weight excluding hydrogens is 230 g/mol. The van der Waals surface area contributed by atoms with E-state index in [0.29, 0.717) is 13.0 Å². The van der Waals surface area contributed by atoms with E-state index in [1.807, 2.05) is 0 Å². The summed E-state index contributed by atoms with van der Waals surface area (Å²) in [4.78, 5) is 11.1. The highest BCUT2D eigenvalue weighted by Gasteiger charge is 2.36. The van der Waals surface area contributed by atoms with Gasteiger partial charge in [0.2, 0.25) is 0 Å². The van der Waals surface area contributed by atoms with E-state index in [2.05, 4.69) is 17.0 Å². The summed E-state index contributed by atoms with van der Waals surface area (Å²) < 4.78 is 4.66. The first-order valence-corrected chi connectivity index (χ1v) is 7.12. The van der Waals surface area contributed by atoms with E-state index < -0.39 is 0 Å². The summed E-state index contributed by atoms with van der Waals surface area (Å²) in [7, 11) is 1.43. The van der Waals surface area contributed by atoms with E-state index in [1.165, 1.54) is 26.4 Å². The summed E-state index contributed by atoms with van der Waals surface area (Å²) in [6.07, 6.45) is 7.57. The van der Waals surface area contributed by atoms with Crippen molar-refractivity contribution in [2.75, 3.05) is 13.7 Å². The van der Waals surface area contributed by atoms with Crippen molar-refractivity contribution in [3.8, 4) is 0 Å². The van der Waals surface area contributed by atoms with Crippen molar-refractivity contribution >= 4 is 5.97 Å². The van der Waals surface area contributed by atoms with Gasteiger partial charge in [-0.1, -0.05) is 26.2 Å². The molecule has 0 spiro atoms. The second-order valence-corrected chi connectivity index (χ2v) is 5.41. The molecule has 4 heteroatoms. The lowest BCUT2D eigenvalue weighted by molar-refractivity contribution is -0.140. The van der Waals surface area contributed by atoms with Crippen molar-refractivity contribution in [1.82, 2.24) is 5.32 Å². The molecule has 0 saturated carbocycles. The number of aliphatic hydroxyl groups is 1. The quantitative estimate of drug-likeness (QED) is 0.516. The Kier molecular flexibility index (Phi) is 6.65. The molecule has 1 aliphatic rings. The summed E-state index contributed by atoms with van der Waals surface area (Å²) in [5.41, 5.74) is 0.0443. The molecule has 1 aliphatic heterocycles. The average Bonchev–Trinajstić information content (AvgIpc) is 2.71. The van der Waals surface area contributed by atoms with E-state index >= 15 is 0 Å². The van der Waals surface area contributed by atoms with E-state index in [0.717, 1.165) is 25.7 Å². The molecule has 0 aliphatic carbocycles. The van der Waals surface area contributed by atoms with Crippen LogP contribution in [0.1, 0.15) is 58.3 Å². The fourth-order valence-corrected chi connectivity index (χ4v) is 2.82. The van der Waals surface area contributed by atoms with Crippen molar-refractivity contribution < 1.29 is 14.6 Å². The van der Waals surface area contributed by atoms with Gasteiger partial charge in [0.25, 0.3) is 0 Å². The maximum Gasteiger partial charge on any atom is 0.305 e. The molecule has 0 bridgehead atoms. The topological polar surface area (TPSA) is 58.6 Å². The van der Waals surface area contributed by atoms with Crippen LogP contribution in [0.15, 0.2) is 0 Å². The molecule has 0 aromatic carbocycles. The molecule has 0 radical (unpaired) electrons. The lowest BCUT2D eigenvalue weighted by Gasteiger charge is -2.29. The van der Waals surface area contributed by atoms with Gasteiger partial charge in [0.15, 0.2) is 0 Å². The molecule has 1 unspecified atom stereocenters. The Morgan fingerprint density at radius 1 is 1.39 bits per heavy atom. The summed E-state index contributed by atoms with van der Waals surface area (Å²) >= 11 is 0. The largest absolute Gasteiger partial charge is 0.469 e. The third kappa shape index (κ3) is 4.94. The molecule has 1 saturated heterocycles. The van der Waals surface area contributed by atoms with Crippen LogP contribution in [0.25, 0.3) is 0 Å². The van der Waals surface area contributed by atoms with Crippen LogP contribution >= 0.6 is 0 Å². The van der Waals surface area contributed by atoms with Crippen LogP contribution in [0.4, 0.5) is 0 Å². The zero-order valence-electron chi connectivity index (χ0n) is 11.7. The molecule has 0 amide bonds. The first-order valence-electron chi connectivity index (χ1n) is 7.12. The Labute approximate surface area is 110 Å². The monoisotopic (exact) mass is 257 g/mol. The lowest BCUT2D eigenvalue weighted by atomic mass is 9.85. The smallest absolute Gasteiger partial charge is 0.305 e. The van der Waals surface area contributed by atoms with Gasteiger partial charge in [-0.25, -0.2) is 0 Å². The summed E-state index contributed by atoms with van der Waals surface area (Å²) in [5, 5.41) is 13.2. The van der Waals surface area contributed by atoms with Crippen LogP contribution in [0.3, 0.4) is 0 Å². The van der Waals surface area contributed by atoms with E-state index in [1.54, 1.807) is 0 Å². The van der Waals surface area contributed by atoms with Gasteiger partial charge in [0.05, 0.1) is 13.2 Å². The number of ether oxygens (including phenoxy) is 1. The van der Waals surface area contributed by atoms with E-state index in [-0.39, 0.29) is 17.6 Å². The average molecular weight is 257 g/mol. The predicted octanol–water partition coefficient (Wildman–Crippen LogP) is 2.00. The molecule has 4 nitrogen and oxygen atoms in total. The van der Waals surface area contributed by atoms with Crippen molar-refractivity contribution in [2.24, 2.45) is 0 Å². The molecule has 1 heterocycles. The number of aliphatic hydroxyl groups excluding tert-OH is 1. The molecule has 106 valence electrons. The van der Waals surface area contributed by atoms with Crippen LogP contribution in [0.5, 0.6) is 0 Å². The van der Waals surface area contributed by atoms with Crippen molar-refractivity contribution in [2.45, 2.75) is 69.9 Å². The molecule has 2 atom stereocenters. The Morgan fingerprint density at radius 3 is 2.67 bits per heavy atom. The molecule has 0 aromatic heterocycles. The van der Waals surface area contributed by atoms with E-state index in [9.17, 15) is 9.90 Å². The third-order valence-corrected chi connectivity index (χ3v) is 3.86. The van der Waals surface area contributed by atoms with Gasteiger partial charge in [-0.3, -0.25) is 4.79 Å². The molecule has 1 rings (SSSR count). The normalized spacial score (nSPS) is 27.4. The maximum atomic E-state index is 11.1. The van der Waals surface area contributed by atoms with E-state index in [4.69, 9.17) is 0 Å².